The van der Waals surface area contributed by atoms with Crippen molar-refractivity contribution in [2.45, 2.75) is 18.9 Å². The Kier molecular flexibility index (Phi) is 5.53. The molecule has 1 aromatic heterocycles. The van der Waals surface area contributed by atoms with E-state index in [1.54, 1.807) is 4.57 Å². The Morgan fingerprint density at radius 1 is 1.17 bits per heavy atom. The smallest absolute Gasteiger partial charge is 0.267 e. The fourth-order valence-corrected chi connectivity index (χ4v) is 3.54. The van der Waals surface area contributed by atoms with Crippen molar-refractivity contribution in [2.75, 3.05) is 11.6 Å². The van der Waals surface area contributed by atoms with Gasteiger partial charge in [-0.25, -0.2) is 0 Å². The second kappa shape index (κ2) is 8.40. The molecule has 0 aliphatic carbocycles. The lowest BCUT2D eigenvalue weighted by Crippen LogP contribution is -2.32. The van der Waals surface area contributed by atoms with Crippen LogP contribution in [-0.4, -0.2) is 32.9 Å². The van der Waals surface area contributed by atoms with Crippen molar-refractivity contribution >= 4 is 29.5 Å². The van der Waals surface area contributed by atoms with E-state index >= 15 is 0 Å². The molecule has 7 nitrogen and oxygen atoms in total. The van der Waals surface area contributed by atoms with Crippen LogP contribution in [0.25, 0.3) is 0 Å². The van der Waals surface area contributed by atoms with Crippen LogP contribution in [0.4, 0.5) is 5.69 Å². The van der Waals surface area contributed by atoms with Gasteiger partial charge >= 0.3 is 0 Å². The van der Waals surface area contributed by atoms with Gasteiger partial charge in [0, 0.05) is 26.4 Å². The van der Waals surface area contributed by atoms with Gasteiger partial charge in [-0.3, -0.25) is 14.9 Å². The van der Waals surface area contributed by atoms with Crippen molar-refractivity contribution in [1.82, 2.24) is 20.1 Å². The summed E-state index contributed by atoms with van der Waals surface area (Å²) in [6.45, 7) is 0.465. The summed E-state index contributed by atoms with van der Waals surface area (Å²) in [5.41, 5.74) is 2.62. The number of H-pyrrole nitrogens is 1. The normalized spacial score (nSPS) is 16.0. The number of hydrogen-bond donors (Lipinski definition) is 2. The topological polar surface area (TPSA) is 78.3 Å². The Bertz CT molecular complexity index is 1070. The molecule has 2 heterocycles. The van der Waals surface area contributed by atoms with Crippen LogP contribution in [0.3, 0.4) is 0 Å². The molecule has 0 fully saturated rings. The van der Waals surface area contributed by atoms with Crippen molar-refractivity contribution in [3.63, 3.8) is 0 Å². The van der Waals surface area contributed by atoms with E-state index in [9.17, 15) is 4.79 Å². The molecule has 148 valence electrons. The van der Waals surface area contributed by atoms with Gasteiger partial charge in [-0.15, -0.1) is 0 Å². The molecule has 0 spiro atoms. The summed E-state index contributed by atoms with van der Waals surface area (Å²) in [6.07, 6.45) is 1.14. The number of nitrogens with one attached hydrogen (secondary N) is 2. The highest BCUT2D eigenvalue weighted by atomic mass is 32.1. The number of carbonyl (C=O) groups is 1. The number of para-hydroxylation sites is 1. The standard InChI is InChI=1S/C21H22N6OS/c1-26-19(23-24-21(26)29)12-13-22-20(28)17-14-18(15-8-4-2-5-9-15)27(25-17)16-10-6-3-7-11-16/h2-11,18H,12-14H2,1H3,(H,22,28)(H,24,29). The van der Waals surface area contributed by atoms with Crippen LogP contribution in [0.5, 0.6) is 0 Å². The molecule has 0 saturated heterocycles. The lowest BCUT2D eigenvalue weighted by Gasteiger charge is -2.23. The maximum atomic E-state index is 12.8. The first kappa shape index (κ1) is 19.1. The summed E-state index contributed by atoms with van der Waals surface area (Å²) in [4.78, 5) is 12.8. The van der Waals surface area contributed by atoms with Gasteiger partial charge in [0.05, 0.1) is 11.7 Å². The molecule has 0 saturated carbocycles. The second-order valence-corrected chi connectivity index (χ2v) is 7.25. The van der Waals surface area contributed by atoms with Crippen molar-refractivity contribution in [3.05, 3.63) is 76.8 Å². The largest absolute Gasteiger partial charge is 0.350 e. The van der Waals surface area contributed by atoms with Crippen LogP contribution in [-0.2, 0) is 18.3 Å². The van der Waals surface area contributed by atoms with Crippen LogP contribution >= 0.6 is 12.2 Å². The number of nitrogens with zero attached hydrogens (tertiary/aromatic N) is 4. The van der Waals surface area contributed by atoms with Crippen molar-refractivity contribution < 1.29 is 4.79 Å². The fraction of sp³-hybridized carbons (Fsp3) is 0.238. The Balaban J connectivity index is 1.48. The van der Waals surface area contributed by atoms with Gasteiger partial charge in [0.15, 0.2) is 4.77 Å². The highest BCUT2D eigenvalue weighted by Gasteiger charge is 2.32. The zero-order valence-corrected chi connectivity index (χ0v) is 16.9. The first-order valence-corrected chi connectivity index (χ1v) is 9.89. The van der Waals surface area contributed by atoms with Crippen molar-refractivity contribution in [3.8, 4) is 0 Å². The summed E-state index contributed by atoms with van der Waals surface area (Å²) in [5.74, 6) is 0.651. The molecule has 2 N–H and O–H groups in total. The minimum absolute atomic E-state index is 0.00809. The summed E-state index contributed by atoms with van der Waals surface area (Å²) >= 11 is 5.12. The number of aromatic nitrogens is 3. The van der Waals surface area contributed by atoms with E-state index < -0.39 is 0 Å². The molecular weight excluding hydrogens is 384 g/mol. The fourth-order valence-electron chi connectivity index (χ4n) is 3.39. The predicted octanol–water partition coefficient (Wildman–Crippen LogP) is 3.14. The number of hydrazone groups is 1. The summed E-state index contributed by atoms with van der Waals surface area (Å²) in [6, 6.07) is 20.1. The van der Waals surface area contributed by atoms with Gasteiger partial charge in [-0.05, 0) is 29.9 Å². The van der Waals surface area contributed by atoms with Crippen LogP contribution in [0.15, 0.2) is 65.8 Å². The average molecular weight is 407 g/mol. The summed E-state index contributed by atoms with van der Waals surface area (Å²) < 4.78 is 2.37. The molecule has 4 rings (SSSR count). The maximum Gasteiger partial charge on any atom is 0.267 e. The number of benzene rings is 2. The van der Waals surface area contributed by atoms with E-state index in [-0.39, 0.29) is 11.9 Å². The van der Waals surface area contributed by atoms with E-state index in [1.807, 2.05) is 60.6 Å². The highest BCUT2D eigenvalue weighted by Crippen LogP contribution is 2.34. The predicted molar refractivity (Wildman–Crippen MR) is 115 cm³/mol. The minimum atomic E-state index is -0.152. The third kappa shape index (κ3) is 4.12. The molecule has 3 aromatic rings. The molecule has 1 amide bonds. The first-order chi connectivity index (χ1) is 14.1. The van der Waals surface area contributed by atoms with Crippen LogP contribution in [0.1, 0.15) is 23.9 Å². The van der Waals surface area contributed by atoms with Crippen LogP contribution < -0.4 is 10.3 Å². The van der Waals surface area contributed by atoms with Gasteiger partial charge in [-0.2, -0.15) is 10.2 Å². The quantitative estimate of drug-likeness (QED) is 0.617. The van der Waals surface area contributed by atoms with E-state index in [2.05, 4.69) is 32.7 Å². The molecule has 8 heteroatoms. The summed E-state index contributed by atoms with van der Waals surface area (Å²) in [5, 5.41) is 16.5. The number of hydrogen-bond acceptors (Lipinski definition) is 5. The molecule has 0 bridgehead atoms. The molecule has 2 aromatic carbocycles. The van der Waals surface area contributed by atoms with Crippen LogP contribution in [0.2, 0.25) is 0 Å². The zero-order valence-electron chi connectivity index (χ0n) is 16.1. The lowest BCUT2D eigenvalue weighted by atomic mass is 10.0. The Morgan fingerprint density at radius 2 is 1.86 bits per heavy atom. The monoisotopic (exact) mass is 406 g/mol. The Labute approximate surface area is 174 Å². The molecule has 1 aliphatic rings. The molecular formula is C21H22N6OS. The average Bonchev–Trinajstić information content (AvgIpc) is 3.34. The van der Waals surface area contributed by atoms with Gasteiger partial charge in [0.1, 0.15) is 11.5 Å². The molecule has 0 radical (unpaired) electrons. The number of rotatable bonds is 6. The number of carbonyl (C=O) groups excluding carboxylic acids is 1. The first-order valence-electron chi connectivity index (χ1n) is 9.48. The minimum Gasteiger partial charge on any atom is -0.350 e. The zero-order chi connectivity index (χ0) is 20.2. The molecule has 1 unspecified atom stereocenters. The van der Waals surface area contributed by atoms with Gasteiger partial charge in [-0.1, -0.05) is 48.5 Å². The Hall–Kier alpha value is -3.26. The SMILES string of the molecule is Cn1c(CCNC(=O)C2=NN(c3ccccc3)C(c3ccccc3)C2)n[nH]c1=S. The molecule has 1 atom stereocenters. The van der Waals surface area contributed by atoms with E-state index in [0.717, 1.165) is 17.1 Å². The number of anilines is 1. The molecule has 1 aliphatic heterocycles. The van der Waals surface area contributed by atoms with E-state index in [4.69, 9.17) is 12.2 Å². The van der Waals surface area contributed by atoms with Gasteiger partial charge in [0.2, 0.25) is 0 Å². The van der Waals surface area contributed by atoms with E-state index in [1.165, 1.54) is 0 Å². The highest BCUT2D eigenvalue weighted by molar-refractivity contribution is 7.71. The van der Waals surface area contributed by atoms with Crippen molar-refractivity contribution in [1.29, 1.82) is 0 Å². The third-order valence-electron chi connectivity index (χ3n) is 4.98. The number of amides is 1. The molecule has 29 heavy (non-hydrogen) atoms. The third-order valence-corrected chi connectivity index (χ3v) is 5.35. The van der Waals surface area contributed by atoms with Gasteiger partial charge in [0.25, 0.3) is 5.91 Å². The van der Waals surface area contributed by atoms with Gasteiger partial charge < -0.3 is 9.88 Å². The second-order valence-electron chi connectivity index (χ2n) is 6.87. The van der Waals surface area contributed by atoms with E-state index in [0.29, 0.717) is 29.9 Å². The maximum absolute atomic E-state index is 12.8. The summed E-state index contributed by atoms with van der Waals surface area (Å²) in [7, 11) is 1.85. The van der Waals surface area contributed by atoms with Crippen LogP contribution in [0, 0.1) is 4.77 Å². The lowest BCUT2D eigenvalue weighted by molar-refractivity contribution is -0.114. The Morgan fingerprint density at radius 3 is 2.52 bits per heavy atom. The number of aromatic amines is 1. The van der Waals surface area contributed by atoms with Crippen molar-refractivity contribution in [2.24, 2.45) is 12.1 Å².